The minimum atomic E-state index is -1.09. The number of hydrogen-bond acceptors (Lipinski definition) is 5. The van der Waals surface area contributed by atoms with Crippen molar-refractivity contribution in [1.29, 1.82) is 0 Å². The summed E-state index contributed by atoms with van der Waals surface area (Å²) in [7, 11) is 3.71. The van der Waals surface area contributed by atoms with Gasteiger partial charge >= 0.3 is 0 Å². The molecule has 0 bridgehead atoms. The summed E-state index contributed by atoms with van der Waals surface area (Å²) in [6.07, 6.45) is 0. The van der Waals surface area contributed by atoms with Crippen LogP contribution in [0.15, 0.2) is 0 Å². The fraction of sp³-hybridized carbons (Fsp3) is 1.00. The van der Waals surface area contributed by atoms with Gasteiger partial charge in [-0.3, -0.25) is 0 Å². The fourth-order valence-corrected chi connectivity index (χ4v) is 51.5. The first-order valence-electron chi connectivity index (χ1n) is 2.16. The summed E-state index contributed by atoms with van der Waals surface area (Å²) >= 11 is 12.6. The maximum atomic E-state index is 5.33. The lowest BCUT2D eigenvalue weighted by Crippen LogP contribution is -1.49. The molecule has 0 spiro atoms. The first-order valence-corrected chi connectivity index (χ1v) is 14.0. The summed E-state index contributed by atoms with van der Waals surface area (Å²) in [4.78, 5) is 0. The van der Waals surface area contributed by atoms with E-state index < -0.39 is 8.88 Å². The minimum Gasteiger partial charge on any atom is -0.0734 e. The van der Waals surface area contributed by atoms with E-state index in [9.17, 15) is 0 Å². The van der Waals surface area contributed by atoms with Crippen LogP contribution >= 0.6 is 40.7 Å². The average molecular weight is 252 g/mol. The molecule has 1 aliphatic heterocycles. The molecule has 0 N–H and O–H groups in total. The van der Waals surface area contributed by atoms with Crippen molar-refractivity contribution in [3.05, 3.63) is 0 Å². The van der Waals surface area contributed by atoms with Crippen molar-refractivity contribution >= 4 is 64.3 Å². The Labute approximate surface area is 77.1 Å². The SMILES string of the molecule is CP1(=S)SSP(C)(=S)S1. The van der Waals surface area contributed by atoms with E-state index in [0.717, 1.165) is 0 Å². The van der Waals surface area contributed by atoms with Gasteiger partial charge in [0.05, 0.1) is 8.88 Å². The molecule has 0 aromatic rings. The van der Waals surface area contributed by atoms with Crippen molar-refractivity contribution in [2.45, 2.75) is 0 Å². The molecule has 0 nitrogen and oxygen atoms in total. The van der Waals surface area contributed by atoms with Gasteiger partial charge in [-0.05, 0) is 34.2 Å². The van der Waals surface area contributed by atoms with E-state index in [2.05, 4.69) is 13.3 Å². The Morgan fingerprint density at radius 1 is 1.00 bits per heavy atom. The maximum Gasteiger partial charge on any atom is 0.0707 e. The molecular weight excluding hydrogens is 246 g/mol. The van der Waals surface area contributed by atoms with Gasteiger partial charge in [0.1, 0.15) is 0 Å². The highest BCUT2D eigenvalue weighted by atomic mass is 33.8. The van der Waals surface area contributed by atoms with Gasteiger partial charge in [-0.25, -0.2) is 0 Å². The van der Waals surface area contributed by atoms with E-state index in [-0.39, 0.29) is 0 Å². The first-order chi connectivity index (χ1) is 3.91. The Balaban J connectivity index is 2.81. The van der Waals surface area contributed by atoms with Crippen LogP contribution in [0.3, 0.4) is 0 Å². The lowest BCUT2D eigenvalue weighted by atomic mass is 12.0. The standard InChI is InChI=1S/C2H6P2S5/c1-3(5)7-4(2,6)9-8-3/h1-2H3. The monoisotopic (exact) mass is 252 g/mol. The Kier molecular flexibility index (Phi) is 3.15. The van der Waals surface area contributed by atoms with Gasteiger partial charge in [0.25, 0.3) is 0 Å². The van der Waals surface area contributed by atoms with E-state index in [0.29, 0.717) is 0 Å². The van der Waals surface area contributed by atoms with Gasteiger partial charge in [-0.2, -0.15) is 0 Å². The van der Waals surface area contributed by atoms with Crippen molar-refractivity contribution in [2.24, 2.45) is 0 Å². The van der Waals surface area contributed by atoms with Gasteiger partial charge in [0.2, 0.25) is 0 Å². The van der Waals surface area contributed by atoms with Crippen LogP contribution in [0.1, 0.15) is 0 Å². The van der Waals surface area contributed by atoms with E-state index in [1.54, 1.807) is 0 Å². The van der Waals surface area contributed by atoms with Crippen LogP contribution < -0.4 is 0 Å². The molecule has 0 aliphatic carbocycles. The molecule has 0 radical (unpaired) electrons. The smallest absolute Gasteiger partial charge is 0.0707 e. The summed E-state index contributed by atoms with van der Waals surface area (Å²) in [6.45, 7) is 4.34. The molecule has 1 rings (SSSR count). The van der Waals surface area contributed by atoms with E-state index >= 15 is 0 Å². The molecular formula is C2H6P2S5. The molecule has 2 atom stereocenters. The largest absolute Gasteiger partial charge is 0.0734 e. The second-order valence-electron chi connectivity index (χ2n) is 1.77. The summed E-state index contributed by atoms with van der Waals surface area (Å²) in [5, 5.41) is 0. The third kappa shape index (κ3) is 3.06. The Hall–Kier alpha value is 2.35. The molecule has 1 saturated heterocycles. The zero-order valence-electron chi connectivity index (χ0n) is 4.94. The molecule has 1 aliphatic rings. The highest BCUT2D eigenvalue weighted by Crippen LogP contribution is 2.97. The van der Waals surface area contributed by atoms with Crippen LogP contribution in [-0.2, 0) is 23.6 Å². The number of rotatable bonds is 0. The summed E-state index contributed by atoms with van der Waals surface area (Å²) in [5.41, 5.74) is 0. The molecule has 1 fully saturated rings. The first kappa shape index (κ1) is 9.44. The third-order valence-electron chi connectivity index (χ3n) is 0.601. The quantitative estimate of drug-likeness (QED) is 0.471. The highest BCUT2D eigenvalue weighted by molar-refractivity contribution is 9.49. The maximum absolute atomic E-state index is 5.33. The van der Waals surface area contributed by atoms with E-state index in [1.165, 1.54) is 0 Å². The molecule has 2 unspecified atom stereocenters. The van der Waals surface area contributed by atoms with E-state index in [1.807, 2.05) is 31.8 Å². The second kappa shape index (κ2) is 3.01. The van der Waals surface area contributed by atoms with Crippen molar-refractivity contribution in [3.63, 3.8) is 0 Å². The molecule has 7 heteroatoms. The number of hydrogen-bond donors (Lipinski definition) is 0. The minimum absolute atomic E-state index is 1.09. The van der Waals surface area contributed by atoms with E-state index in [4.69, 9.17) is 23.6 Å². The summed E-state index contributed by atoms with van der Waals surface area (Å²) in [5.74, 6) is 0. The lowest BCUT2D eigenvalue weighted by Gasteiger charge is -2.03. The van der Waals surface area contributed by atoms with Crippen LogP contribution in [0, 0.1) is 0 Å². The molecule has 0 saturated carbocycles. The van der Waals surface area contributed by atoms with Crippen molar-refractivity contribution < 1.29 is 0 Å². The third-order valence-corrected chi connectivity index (χ3v) is 31.8. The zero-order chi connectivity index (χ0) is 7.12. The van der Waals surface area contributed by atoms with Crippen molar-refractivity contribution in [2.75, 3.05) is 13.3 Å². The Morgan fingerprint density at radius 3 is 1.44 bits per heavy atom. The van der Waals surface area contributed by atoms with Gasteiger partial charge in [0, 0.05) is 0 Å². The second-order valence-corrected chi connectivity index (χ2v) is 28.2. The summed E-state index contributed by atoms with van der Waals surface area (Å²) in [6, 6.07) is 0. The molecule has 54 valence electrons. The Morgan fingerprint density at radius 2 is 1.33 bits per heavy atom. The van der Waals surface area contributed by atoms with Crippen LogP contribution in [0.4, 0.5) is 0 Å². The van der Waals surface area contributed by atoms with Crippen molar-refractivity contribution in [1.82, 2.24) is 0 Å². The molecule has 0 aromatic carbocycles. The Bertz CT molecular complexity index is 187. The molecule has 0 aromatic heterocycles. The lowest BCUT2D eigenvalue weighted by molar-refractivity contribution is 2.49. The predicted octanol–water partition coefficient (Wildman–Crippen LogP) is 3.99. The van der Waals surface area contributed by atoms with Gasteiger partial charge < -0.3 is 0 Å². The molecule has 0 amide bonds. The normalized spacial score (nSPS) is 51.8. The van der Waals surface area contributed by atoms with Gasteiger partial charge in [0.15, 0.2) is 0 Å². The zero-order valence-corrected chi connectivity index (χ0v) is 10.8. The van der Waals surface area contributed by atoms with Gasteiger partial charge in [-0.1, -0.05) is 34.6 Å². The van der Waals surface area contributed by atoms with Crippen LogP contribution in [0.25, 0.3) is 0 Å². The molecule has 1 heterocycles. The van der Waals surface area contributed by atoms with Crippen molar-refractivity contribution in [3.8, 4) is 0 Å². The van der Waals surface area contributed by atoms with Gasteiger partial charge in [-0.15, -0.1) is 0 Å². The summed E-state index contributed by atoms with van der Waals surface area (Å²) < 4.78 is -2.18. The average Bonchev–Trinajstić information content (AvgIpc) is 1.78. The fourth-order valence-electron chi connectivity index (χ4n) is 0.418. The highest BCUT2D eigenvalue weighted by Gasteiger charge is 2.31. The van der Waals surface area contributed by atoms with Crippen LogP contribution in [0.5, 0.6) is 0 Å². The predicted molar refractivity (Wildman–Crippen MR) is 63.2 cm³/mol. The van der Waals surface area contributed by atoms with Crippen LogP contribution in [0.2, 0.25) is 0 Å². The molecule has 9 heavy (non-hydrogen) atoms. The topological polar surface area (TPSA) is 0 Å². The van der Waals surface area contributed by atoms with Crippen LogP contribution in [-0.4, -0.2) is 13.3 Å².